The van der Waals surface area contributed by atoms with Gasteiger partial charge in [-0.2, -0.15) is 5.10 Å². The van der Waals surface area contributed by atoms with E-state index in [-0.39, 0.29) is 12.3 Å². The summed E-state index contributed by atoms with van der Waals surface area (Å²) in [5, 5.41) is 14.0. The van der Waals surface area contributed by atoms with Gasteiger partial charge in [0.25, 0.3) is 0 Å². The number of hydrogen-bond donors (Lipinski definition) is 2. The molecule has 2 heterocycles. The van der Waals surface area contributed by atoms with Crippen molar-refractivity contribution >= 4 is 11.8 Å². The van der Waals surface area contributed by atoms with E-state index in [1.165, 1.54) is 0 Å². The third-order valence-electron chi connectivity index (χ3n) is 3.48. The molecular formula is C13H21N5O3. The molecule has 0 saturated carbocycles. The maximum absolute atomic E-state index is 11.7. The number of hydrogen-bond acceptors (Lipinski definition) is 5. The first kappa shape index (κ1) is 15.4. The molecule has 1 aliphatic rings. The molecular weight excluding hydrogens is 274 g/mol. The Labute approximate surface area is 122 Å². The number of amides is 2. The molecule has 21 heavy (non-hydrogen) atoms. The zero-order chi connectivity index (χ0) is 15.4. The molecule has 0 bridgehead atoms. The summed E-state index contributed by atoms with van der Waals surface area (Å²) in [5.74, 6) is 0.491. The number of likely N-dealkylation sites (tertiary alicyclic amines) is 1. The first-order valence-corrected chi connectivity index (χ1v) is 7.16. The minimum Gasteiger partial charge on any atom is -0.391 e. The average molecular weight is 295 g/mol. The number of carbonyl (C=O) groups excluding carboxylic acids is 2. The van der Waals surface area contributed by atoms with Gasteiger partial charge in [0.05, 0.1) is 25.6 Å². The topological polar surface area (TPSA) is 114 Å². The van der Waals surface area contributed by atoms with Gasteiger partial charge in [-0.1, -0.05) is 6.92 Å². The third-order valence-corrected chi connectivity index (χ3v) is 3.48. The molecule has 0 unspecified atom stereocenters. The quantitative estimate of drug-likeness (QED) is 0.683. The second-order valence-electron chi connectivity index (χ2n) is 5.25. The lowest BCUT2D eigenvalue weighted by Crippen LogP contribution is -2.27. The largest absolute Gasteiger partial charge is 0.391 e. The van der Waals surface area contributed by atoms with Gasteiger partial charge in [-0.05, 0) is 12.8 Å². The summed E-state index contributed by atoms with van der Waals surface area (Å²) in [6.07, 6.45) is 1.41. The molecule has 2 amide bonds. The first-order chi connectivity index (χ1) is 9.99. The molecule has 1 saturated heterocycles. The van der Waals surface area contributed by atoms with E-state index in [0.717, 1.165) is 6.42 Å². The standard InChI is InChI=1S/C13H21N5O3/c1-2-9(19)7-18-12(8-17-5-3-4-13(17)21)15-11(16-18)6-10(14)20/h9,19H,2-8H2,1H3,(H2,14,20)/t9-/m0/s1. The van der Waals surface area contributed by atoms with Crippen molar-refractivity contribution in [3.05, 3.63) is 11.6 Å². The van der Waals surface area contributed by atoms with E-state index in [0.29, 0.717) is 44.1 Å². The van der Waals surface area contributed by atoms with Crippen LogP contribution in [0.15, 0.2) is 0 Å². The Hall–Kier alpha value is -1.96. The van der Waals surface area contributed by atoms with E-state index in [4.69, 9.17) is 5.73 Å². The predicted molar refractivity (Wildman–Crippen MR) is 73.9 cm³/mol. The van der Waals surface area contributed by atoms with Gasteiger partial charge in [0.2, 0.25) is 11.8 Å². The van der Waals surface area contributed by atoms with Crippen LogP contribution in [-0.4, -0.2) is 49.2 Å². The molecule has 0 aromatic carbocycles. The van der Waals surface area contributed by atoms with E-state index in [1.807, 2.05) is 6.92 Å². The van der Waals surface area contributed by atoms with E-state index in [9.17, 15) is 14.7 Å². The number of nitrogens with two attached hydrogens (primary N) is 1. The number of primary amides is 1. The molecule has 0 aliphatic carbocycles. The average Bonchev–Trinajstić information content (AvgIpc) is 2.97. The molecule has 2 rings (SSSR count). The fourth-order valence-corrected chi connectivity index (χ4v) is 2.29. The van der Waals surface area contributed by atoms with Crippen LogP contribution < -0.4 is 5.73 Å². The second kappa shape index (κ2) is 6.66. The summed E-state index contributed by atoms with van der Waals surface area (Å²) >= 11 is 0. The Bertz CT molecular complexity index is 528. The molecule has 1 atom stereocenters. The van der Waals surface area contributed by atoms with Crippen LogP contribution in [-0.2, 0) is 29.1 Å². The van der Waals surface area contributed by atoms with E-state index < -0.39 is 12.0 Å². The Morgan fingerprint density at radius 2 is 2.29 bits per heavy atom. The SMILES string of the molecule is CC[C@H](O)Cn1nc(CC(N)=O)nc1CN1CCCC1=O. The molecule has 1 aliphatic heterocycles. The summed E-state index contributed by atoms with van der Waals surface area (Å²) in [4.78, 5) is 28.7. The fourth-order valence-electron chi connectivity index (χ4n) is 2.29. The highest BCUT2D eigenvalue weighted by Crippen LogP contribution is 2.14. The van der Waals surface area contributed by atoms with Crippen LogP contribution in [0.4, 0.5) is 0 Å². The molecule has 1 fully saturated rings. The summed E-state index contributed by atoms with van der Waals surface area (Å²) in [6.45, 7) is 3.21. The molecule has 3 N–H and O–H groups in total. The number of aromatic nitrogens is 3. The third kappa shape index (κ3) is 4.01. The second-order valence-corrected chi connectivity index (χ2v) is 5.25. The van der Waals surface area contributed by atoms with Gasteiger partial charge >= 0.3 is 0 Å². The maximum Gasteiger partial charge on any atom is 0.225 e. The Kier molecular flexibility index (Phi) is 4.89. The van der Waals surface area contributed by atoms with Crippen molar-refractivity contribution < 1.29 is 14.7 Å². The van der Waals surface area contributed by atoms with Gasteiger partial charge in [0.15, 0.2) is 5.82 Å². The monoisotopic (exact) mass is 295 g/mol. The molecule has 0 radical (unpaired) electrons. The van der Waals surface area contributed by atoms with Crippen molar-refractivity contribution in [3.63, 3.8) is 0 Å². The number of rotatable bonds is 7. The zero-order valence-electron chi connectivity index (χ0n) is 12.2. The summed E-state index contributed by atoms with van der Waals surface area (Å²) < 4.78 is 1.57. The molecule has 1 aromatic rings. The van der Waals surface area contributed by atoms with Gasteiger partial charge in [0.1, 0.15) is 5.82 Å². The molecule has 1 aromatic heterocycles. The number of nitrogens with zero attached hydrogens (tertiary/aromatic N) is 4. The smallest absolute Gasteiger partial charge is 0.225 e. The van der Waals surface area contributed by atoms with E-state index in [1.54, 1.807) is 9.58 Å². The fraction of sp³-hybridized carbons (Fsp3) is 0.692. The lowest BCUT2D eigenvalue weighted by atomic mass is 10.3. The van der Waals surface area contributed by atoms with Crippen LogP contribution in [0.2, 0.25) is 0 Å². The highest BCUT2D eigenvalue weighted by atomic mass is 16.3. The first-order valence-electron chi connectivity index (χ1n) is 7.16. The van der Waals surface area contributed by atoms with Gasteiger partial charge < -0.3 is 15.7 Å². The zero-order valence-corrected chi connectivity index (χ0v) is 12.2. The summed E-state index contributed by atoms with van der Waals surface area (Å²) in [7, 11) is 0. The van der Waals surface area contributed by atoms with E-state index in [2.05, 4.69) is 10.1 Å². The van der Waals surface area contributed by atoms with Gasteiger partial charge in [-0.25, -0.2) is 9.67 Å². The van der Waals surface area contributed by atoms with Gasteiger partial charge in [-0.3, -0.25) is 9.59 Å². The van der Waals surface area contributed by atoms with Crippen molar-refractivity contribution in [1.82, 2.24) is 19.7 Å². The lowest BCUT2D eigenvalue weighted by molar-refractivity contribution is -0.128. The van der Waals surface area contributed by atoms with E-state index >= 15 is 0 Å². The Morgan fingerprint density at radius 3 is 2.86 bits per heavy atom. The van der Waals surface area contributed by atoms with Crippen LogP contribution >= 0.6 is 0 Å². The van der Waals surface area contributed by atoms with Crippen molar-refractivity contribution in [2.45, 2.75) is 51.8 Å². The Morgan fingerprint density at radius 1 is 1.52 bits per heavy atom. The van der Waals surface area contributed by atoms with Gasteiger partial charge in [-0.15, -0.1) is 0 Å². The van der Waals surface area contributed by atoms with Crippen LogP contribution in [0.3, 0.4) is 0 Å². The van der Waals surface area contributed by atoms with Crippen LogP contribution in [0.25, 0.3) is 0 Å². The number of aliphatic hydroxyl groups excluding tert-OH is 1. The number of carbonyl (C=O) groups is 2. The predicted octanol–water partition coefficient (Wildman–Crippen LogP) is -0.801. The minimum atomic E-state index is -0.541. The molecule has 8 nitrogen and oxygen atoms in total. The highest BCUT2D eigenvalue weighted by molar-refractivity contribution is 5.78. The normalized spacial score (nSPS) is 16.5. The van der Waals surface area contributed by atoms with Crippen molar-refractivity contribution in [2.24, 2.45) is 5.73 Å². The highest BCUT2D eigenvalue weighted by Gasteiger charge is 2.23. The van der Waals surface area contributed by atoms with Crippen molar-refractivity contribution in [3.8, 4) is 0 Å². The van der Waals surface area contributed by atoms with Crippen molar-refractivity contribution in [2.75, 3.05) is 6.54 Å². The van der Waals surface area contributed by atoms with Crippen molar-refractivity contribution in [1.29, 1.82) is 0 Å². The van der Waals surface area contributed by atoms with Gasteiger partial charge in [0, 0.05) is 13.0 Å². The summed E-state index contributed by atoms with van der Waals surface area (Å²) in [6, 6.07) is 0. The lowest BCUT2D eigenvalue weighted by Gasteiger charge is -2.16. The number of aliphatic hydroxyl groups is 1. The minimum absolute atomic E-state index is 0.0455. The molecule has 116 valence electrons. The van der Waals surface area contributed by atoms with Crippen LogP contribution in [0.5, 0.6) is 0 Å². The maximum atomic E-state index is 11.7. The van der Waals surface area contributed by atoms with Crippen LogP contribution in [0.1, 0.15) is 37.8 Å². The summed E-state index contributed by atoms with van der Waals surface area (Å²) in [5.41, 5.74) is 5.15. The van der Waals surface area contributed by atoms with Crippen LogP contribution in [0, 0.1) is 0 Å². The molecule has 0 spiro atoms. The Balaban J connectivity index is 2.17. The molecule has 8 heteroatoms.